The van der Waals surface area contributed by atoms with E-state index in [-0.39, 0.29) is 1370 Å². The molecule has 6 aromatic heterocycles. The van der Waals surface area contributed by atoms with Crippen molar-refractivity contribution in [1.82, 2.24) is 54.8 Å². The van der Waals surface area contributed by atoms with Crippen LogP contribution in [0.4, 0.5) is 0 Å². The molecule has 7 aromatic rings. The maximum atomic E-state index is 3.73. The molecule has 0 saturated carbocycles. The van der Waals surface area contributed by atoms with Gasteiger partial charge in [0.1, 0.15) is 0 Å². The van der Waals surface area contributed by atoms with Crippen LogP contribution in [0.15, 0.2) is 148 Å². The topological polar surface area (TPSA) is 142 Å². The Kier molecular flexibility index (Phi) is 2440. The van der Waals surface area contributed by atoms with E-state index in [9.17, 15) is 0 Å². The van der Waals surface area contributed by atoms with Crippen LogP contribution in [-0.2, 0) is 1260 Å². The second-order valence-corrected chi connectivity index (χ2v) is 6.25. The minimum Gasteiger partial charge on any atom is -0.456 e. The molecule has 0 fully saturated rings. The predicted octanol–water partition coefficient (Wildman–Crippen LogP) is 9.92. The Hall–Kier alpha value is 35.2. The Labute approximate surface area is 1570 Å². The summed E-state index contributed by atoms with van der Waals surface area (Å²) in [5.41, 5.74) is 0. The molecule has 112 heavy (non-hydrogen) atoms. The van der Waals surface area contributed by atoms with Gasteiger partial charge in [-0.1, -0.05) is 49.6 Å². The van der Waals surface area contributed by atoms with E-state index in [1.165, 1.54) is 25.2 Å². The first kappa shape index (κ1) is 528. The van der Waals surface area contributed by atoms with Crippen LogP contribution in [0.5, 0.6) is 0 Å². The van der Waals surface area contributed by atoms with Gasteiger partial charge < -0.3 is 159 Å². The third-order valence-corrected chi connectivity index (χ3v) is 3.31. The SMILES string of the molecule is [CH3-].[CH3-].[CH3-].[CH3-].[CH3-].[CH3-].[CH3-].[CH3-].[CH3-].[CH3-].[CH3-].[CH3-].[CH3-].[CH3-].[W].[W].[W].[W].[W].[W].[W].[W].[W].[W].[W].[W].[W].[W].[W].[W].[W].[W].[W].[W].[W].[W].[W].[W].[W].[W].[W].[W].[W].[W].[W].[W].[W].[W].[W].[W].[W].[W].[W].[W].[W].[W].[W].[W].[W].[W].[W].[W].[W].[Y].[Y].[Y].[Y].[Y].[Y].[Y].[c-]1ccccc1.[c-]1ccccn1.[c-]1cccnc1.[c-]1ccncn1.[c-]1cnccn1.[c-]1ncccn1.[c-]1ncncn1. The minimum absolute atomic E-state index is 0. The number of nitrogens with zero attached hydrogens (tertiary/aromatic N) is 11. The smallest absolute Gasteiger partial charge is 0.0241 e. The third-order valence-electron chi connectivity index (χ3n) is 3.31. The van der Waals surface area contributed by atoms with E-state index in [0.29, 0.717) is 0 Å². The Bertz CT molecular complexity index is 996. The first-order valence-electron chi connectivity index (χ1n) is 11.8. The van der Waals surface area contributed by atoms with E-state index in [4.69, 9.17) is 0 Å². The van der Waals surface area contributed by atoms with Gasteiger partial charge in [-0.25, -0.2) is 12.1 Å². The zero-order valence-electron chi connectivity index (χ0n) is 60.3. The van der Waals surface area contributed by atoms with E-state index in [1.807, 2.05) is 54.6 Å². The summed E-state index contributed by atoms with van der Waals surface area (Å²) in [5, 5.41) is 0. The number of hydrogen-bond acceptors (Lipinski definition) is 11. The molecule has 637 valence electrons. The molecule has 0 spiro atoms. The number of aromatic nitrogens is 11. The van der Waals surface area contributed by atoms with Gasteiger partial charge in [0.15, 0.2) is 0 Å². The minimum atomic E-state index is 0. The quantitative estimate of drug-likeness (QED) is 0.134. The standard InChI is InChI=1S/C6H5.2C5H4N.3C4H3N2.C3H2N3.14CH3.49W.7Y/c3*1-2-4-6-5-3-1;1-2-6-4-3-5-1;2*1-2-5-4-6-3-1;1-4-2-6-3-5-1;;;;;;;;;;;;;;;;;;;;;;;;;;;;;;;;;;;;;;;;;;;;;;;;;;;;;;;;;;;;;;;;;;;;;;/h1-5H;1-2,4-5H;1-4H;1-3H;1-2,4H;1-3H;1-2H;14*1H3;;;;;;;;;;;;;;;;;;;;;;;;;;;;;;;;;;;;;;;;;;;;;;;;;;;;;;;;/q21*-1;;;;;;;;;;;;;;;;;;;;;;;;;;;;;;;;;;;;;;;;;;;;;;;;;;;;;;;;. The van der Waals surface area contributed by atoms with E-state index in [0.717, 1.165) is 0 Å². The summed E-state index contributed by atoms with van der Waals surface area (Å²) in [6, 6.07) is 27.8. The summed E-state index contributed by atoms with van der Waals surface area (Å²) in [5.74, 6) is 0. The van der Waals surface area contributed by atoms with Gasteiger partial charge >= 0.3 is 0 Å². The van der Waals surface area contributed by atoms with Crippen molar-refractivity contribution in [3.05, 3.63) is 295 Å². The van der Waals surface area contributed by atoms with Gasteiger partial charge in [-0.15, -0.1) is 24.5 Å². The van der Waals surface area contributed by atoms with Gasteiger partial charge in [0.25, 0.3) is 0 Å². The van der Waals surface area contributed by atoms with Gasteiger partial charge in [-0.05, 0) is 18.7 Å². The Morgan fingerprint density at radius 3 is 0.455 bits per heavy atom. The molecule has 0 atom stereocenters. The first-order chi connectivity index (χ1) is 21.0. The second kappa shape index (κ2) is 517. The molecular formula is C45H66N11W49Y7-21. The van der Waals surface area contributed by atoms with Crippen molar-refractivity contribution < 1.29 is 1260 Å². The molecule has 11 nitrogen and oxygen atoms in total. The van der Waals surface area contributed by atoms with E-state index >= 15 is 0 Å². The summed E-state index contributed by atoms with van der Waals surface area (Å²) >= 11 is 0. The van der Waals surface area contributed by atoms with Gasteiger partial charge in [-0.2, -0.15) is 60.7 Å². The zero-order valence-corrected chi connectivity index (χ0v) is 224. The van der Waals surface area contributed by atoms with Crippen LogP contribution in [0.2, 0.25) is 0 Å². The van der Waals surface area contributed by atoms with Crippen LogP contribution in [0.1, 0.15) is 0 Å². The Morgan fingerprint density at radius 2 is 0.393 bits per heavy atom. The van der Waals surface area contributed by atoms with Crippen LogP contribution < -0.4 is 0 Å². The molecule has 0 aliphatic carbocycles. The van der Waals surface area contributed by atoms with Crippen LogP contribution in [0.3, 0.4) is 0 Å². The number of pyridine rings is 2. The maximum absolute atomic E-state index is 3.73. The molecular weight excluding hydrogens is 10300 g/mol. The normalized spacial score (nSPS) is 3.00. The molecule has 0 amide bonds. The summed E-state index contributed by atoms with van der Waals surface area (Å²) in [7, 11) is 0. The van der Waals surface area contributed by atoms with Crippen molar-refractivity contribution in [1.29, 1.82) is 0 Å². The fourth-order valence-electron chi connectivity index (χ4n) is 1.75. The van der Waals surface area contributed by atoms with Gasteiger partial charge in [0.2, 0.25) is 0 Å². The number of hydrogen-bond donors (Lipinski definition) is 0. The Morgan fingerprint density at radius 1 is 0.143 bits per heavy atom. The zero-order chi connectivity index (χ0) is 29.7. The van der Waals surface area contributed by atoms with Gasteiger partial charge in [-0.3, -0.25) is 0 Å². The van der Waals surface area contributed by atoms with Crippen LogP contribution in [0.25, 0.3) is 0 Å². The third kappa shape index (κ3) is 507. The maximum Gasteiger partial charge on any atom is 0.0241 e. The monoisotopic (exact) mass is 10400 g/mol. The first-order valence-corrected chi connectivity index (χ1v) is 11.8. The van der Waals surface area contributed by atoms with E-state index in [2.05, 4.69) is 98.2 Å². The van der Waals surface area contributed by atoms with Crippen LogP contribution in [0, 0.1) is 147 Å². The largest absolute Gasteiger partial charge is 0.456 e. The molecule has 0 saturated heterocycles. The fraction of sp³-hybridized carbons (Fsp3) is 0. The van der Waals surface area contributed by atoms with Crippen molar-refractivity contribution in [2.45, 2.75) is 0 Å². The molecule has 0 bridgehead atoms. The van der Waals surface area contributed by atoms with Crippen molar-refractivity contribution in [2.24, 2.45) is 0 Å². The molecule has 1 aromatic carbocycles. The van der Waals surface area contributed by atoms with E-state index in [1.54, 1.807) is 67.8 Å². The molecule has 7 rings (SSSR count). The molecule has 0 aliphatic rings. The molecule has 0 N–H and O–H groups in total. The van der Waals surface area contributed by atoms with Gasteiger partial charge in [0.05, 0.1) is 0 Å². The molecule has 67 heteroatoms. The van der Waals surface area contributed by atoms with Crippen LogP contribution >= 0.6 is 0 Å². The Balaban J connectivity index is -0.00000000245. The average Bonchev–Trinajstić information content (AvgIpc) is 3.15. The summed E-state index contributed by atoms with van der Waals surface area (Å²) in [4.78, 5) is 39.3. The summed E-state index contributed by atoms with van der Waals surface area (Å²) in [6.45, 7) is 0. The van der Waals surface area contributed by atoms with Crippen molar-refractivity contribution >= 4 is 0 Å². The number of benzene rings is 1. The van der Waals surface area contributed by atoms with E-state index < -0.39 is 0 Å². The average molecular weight is 10400 g/mol. The van der Waals surface area contributed by atoms with Crippen molar-refractivity contribution in [3.63, 3.8) is 0 Å². The second-order valence-electron chi connectivity index (χ2n) is 6.25. The van der Waals surface area contributed by atoms with Crippen molar-refractivity contribution in [2.75, 3.05) is 0 Å². The molecule has 0 unspecified atom stereocenters. The van der Waals surface area contributed by atoms with Crippen LogP contribution in [-0.4, -0.2) is 54.8 Å². The molecule has 0 aliphatic heterocycles. The molecule has 7 radical (unpaired) electrons. The number of rotatable bonds is 0. The fourth-order valence-corrected chi connectivity index (χ4v) is 1.75. The molecule has 6 heterocycles. The summed E-state index contributed by atoms with van der Waals surface area (Å²) in [6.07, 6.45) is 31.3. The van der Waals surface area contributed by atoms with Gasteiger partial charge in [0, 0.05) is 1290 Å². The predicted molar refractivity (Wildman–Crippen MR) is 242 cm³/mol. The van der Waals surface area contributed by atoms with Crippen molar-refractivity contribution in [3.8, 4) is 0 Å². The summed E-state index contributed by atoms with van der Waals surface area (Å²) < 4.78 is 0.